The predicted molar refractivity (Wildman–Crippen MR) is 87.4 cm³/mol. The van der Waals surface area contributed by atoms with Crippen LogP contribution in [0.15, 0.2) is 48.5 Å². The first kappa shape index (κ1) is 14.6. The van der Waals surface area contributed by atoms with Crippen molar-refractivity contribution < 1.29 is 0 Å². The van der Waals surface area contributed by atoms with Crippen LogP contribution in [0.1, 0.15) is 16.7 Å². The monoisotopic (exact) mass is 268 g/mol. The van der Waals surface area contributed by atoms with Crippen molar-refractivity contribution in [1.82, 2.24) is 5.32 Å². The van der Waals surface area contributed by atoms with Crippen LogP contribution in [0, 0.1) is 13.8 Å². The molecule has 0 aliphatic heterocycles. The smallest absolute Gasteiger partial charge is 0.0345 e. The van der Waals surface area contributed by atoms with Gasteiger partial charge in [0.2, 0.25) is 0 Å². The number of hydrogen-bond acceptors (Lipinski definition) is 2. The average Bonchev–Trinajstić information content (AvgIpc) is 2.43. The lowest BCUT2D eigenvalue weighted by Crippen LogP contribution is -2.24. The van der Waals surface area contributed by atoms with Gasteiger partial charge in [-0.05, 0) is 55.6 Å². The molecular weight excluding hydrogens is 244 g/mol. The molecule has 0 spiro atoms. The van der Waals surface area contributed by atoms with Crippen molar-refractivity contribution in [3.8, 4) is 0 Å². The summed E-state index contributed by atoms with van der Waals surface area (Å²) in [6, 6.07) is 17.2. The second kappa shape index (κ2) is 7.71. The zero-order valence-corrected chi connectivity index (χ0v) is 12.4. The standard InChI is InChI=1S/C18H24N2/c1-15-12-16(2)14-18(13-15)20-11-10-19-9-8-17-6-4-3-5-7-17/h3-7,12-14,19-20H,8-11H2,1-2H3. The Morgan fingerprint density at radius 2 is 1.50 bits per heavy atom. The molecule has 0 unspecified atom stereocenters. The van der Waals surface area contributed by atoms with Gasteiger partial charge in [-0.2, -0.15) is 0 Å². The summed E-state index contributed by atoms with van der Waals surface area (Å²) in [4.78, 5) is 0. The molecule has 0 aliphatic carbocycles. The van der Waals surface area contributed by atoms with Gasteiger partial charge in [-0.25, -0.2) is 0 Å². The second-order valence-corrected chi connectivity index (χ2v) is 5.29. The molecule has 0 radical (unpaired) electrons. The fraction of sp³-hybridized carbons (Fsp3) is 0.333. The van der Waals surface area contributed by atoms with Crippen LogP contribution in [-0.4, -0.2) is 19.6 Å². The van der Waals surface area contributed by atoms with Gasteiger partial charge in [-0.1, -0.05) is 36.4 Å². The minimum absolute atomic E-state index is 0.956. The first-order chi connectivity index (χ1) is 9.74. The fourth-order valence-corrected chi connectivity index (χ4v) is 2.37. The maximum absolute atomic E-state index is 3.47. The molecule has 2 N–H and O–H groups in total. The third-order valence-corrected chi connectivity index (χ3v) is 3.29. The Kier molecular flexibility index (Phi) is 5.63. The highest BCUT2D eigenvalue weighted by Gasteiger charge is 1.95. The molecule has 2 heteroatoms. The lowest BCUT2D eigenvalue weighted by atomic mass is 10.1. The molecule has 2 aromatic rings. The van der Waals surface area contributed by atoms with Crippen LogP contribution in [0.3, 0.4) is 0 Å². The number of anilines is 1. The Labute approximate surface area is 122 Å². The van der Waals surface area contributed by atoms with E-state index in [1.54, 1.807) is 0 Å². The second-order valence-electron chi connectivity index (χ2n) is 5.29. The van der Waals surface area contributed by atoms with E-state index < -0.39 is 0 Å². The van der Waals surface area contributed by atoms with Gasteiger partial charge in [0, 0.05) is 18.8 Å². The van der Waals surface area contributed by atoms with Crippen molar-refractivity contribution >= 4 is 5.69 Å². The topological polar surface area (TPSA) is 24.1 Å². The molecule has 0 amide bonds. The van der Waals surface area contributed by atoms with Crippen LogP contribution in [0.5, 0.6) is 0 Å². The fourth-order valence-electron chi connectivity index (χ4n) is 2.37. The van der Waals surface area contributed by atoms with E-state index in [2.05, 4.69) is 73.0 Å². The van der Waals surface area contributed by atoms with Gasteiger partial charge < -0.3 is 10.6 Å². The largest absolute Gasteiger partial charge is 0.384 e. The molecule has 2 nitrogen and oxygen atoms in total. The SMILES string of the molecule is Cc1cc(C)cc(NCCNCCc2ccccc2)c1. The van der Waals surface area contributed by atoms with E-state index >= 15 is 0 Å². The molecule has 2 rings (SSSR count). The number of aryl methyl sites for hydroxylation is 2. The molecular formula is C18H24N2. The number of rotatable bonds is 7. The Morgan fingerprint density at radius 1 is 0.800 bits per heavy atom. The average molecular weight is 268 g/mol. The molecule has 0 heterocycles. The lowest BCUT2D eigenvalue weighted by Gasteiger charge is -2.09. The van der Waals surface area contributed by atoms with E-state index in [9.17, 15) is 0 Å². The Balaban J connectivity index is 1.62. The van der Waals surface area contributed by atoms with Crippen molar-refractivity contribution in [2.24, 2.45) is 0 Å². The summed E-state index contributed by atoms with van der Waals surface area (Å²) in [6.45, 7) is 7.24. The molecule has 20 heavy (non-hydrogen) atoms. The summed E-state index contributed by atoms with van der Waals surface area (Å²) >= 11 is 0. The van der Waals surface area contributed by atoms with Crippen molar-refractivity contribution in [3.63, 3.8) is 0 Å². The van der Waals surface area contributed by atoms with Crippen molar-refractivity contribution in [3.05, 3.63) is 65.2 Å². The van der Waals surface area contributed by atoms with Crippen LogP contribution < -0.4 is 10.6 Å². The van der Waals surface area contributed by atoms with Gasteiger partial charge in [0.15, 0.2) is 0 Å². The first-order valence-corrected chi connectivity index (χ1v) is 7.31. The summed E-state index contributed by atoms with van der Waals surface area (Å²) in [5.74, 6) is 0. The summed E-state index contributed by atoms with van der Waals surface area (Å²) in [5.41, 5.74) is 5.23. The summed E-state index contributed by atoms with van der Waals surface area (Å²) < 4.78 is 0. The van der Waals surface area contributed by atoms with E-state index in [0.717, 1.165) is 26.1 Å². The highest BCUT2D eigenvalue weighted by Crippen LogP contribution is 2.12. The van der Waals surface area contributed by atoms with Gasteiger partial charge >= 0.3 is 0 Å². The van der Waals surface area contributed by atoms with Gasteiger partial charge in [0.25, 0.3) is 0 Å². The summed E-state index contributed by atoms with van der Waals surface area (Å²) in [7, 11) is 0. The molecule has 0 atom stereocenters. The van der Waals surface area contributed by atoms with E-state index in [-0.39, 0.29) is 0 Å². The third-order valence-electron chi connectivity index (χ3n) is 3.29. The van der Waals surface area contributed by atoms with Gasteiger partial charge in [-0.3, -0.25) is 0 Å². The van der Waals surface area contributed by atoms with Crippen LogP contribution >= 0.6 is 0 Å². The Hall–Kier alpha value is -1.80. The molecule has 0 saturated heterocycles. The molecule has 2 aromatic carbocycles. The van der Waals surface area contributed by atoms with Crippen LogP contribution in [-0.2, 0) is 6.42 Å². The number of benzene rings is 2. The van der Waals surface area contributed by atoms with Crippen LogP contribution in [0.2, 0.25) is 0 Å². The first-order valence-electron chi connectivity index (χ1n) is 7.31. The van der Waals surface area contributed by atoms with E-state index in [1.165, 1.54) is 22.4 Å². The lowest BCUT2D eigenvalue weighted by molar-refractivity contribution is 0.699. The molecule has 0 aliphatic rings. The zero-order valence-electron chi connectivity index (χ0n) is 12.4. The summed E-state index contributed by atoms with van der Waals surface area (Å²) in [6.07, 6.45) is 1.09. The maximum atomic E-state index is 3.47. The molecule has 106 valence electrons. The zero-order chi connectivity index (χ0) is 14.2. The number of nitrogens with one attached hydrogen (secondary N) is 2. The molecule has 0 fully saturated rings. The molecule has 0 bridgehead atoms. The van der Waals surface area contributed by atoms with Crippen LogP contribution in [0.25, 0.3) is 0 Å². The molecule has 0 saturated carbocycles. The highest BCUT2D eigenvalue weighted by molar-refractivity contribution is 5.48. The van der Waals surface area contributed by atoms with Gasteiger partial charge in [0.1, 0.15) is 0 Å². The third kappa shape index (κ3) is 5.06. The van der Waals surface area contributed by atoms with E-state index in [1.807, 2.05) is 0 Å². The Morgan fingerprint density at radius 3 is 2.20 bits per heavy atom. The summed E-state index contributed by atoms with van der Waals surface area (Å²) in [5, 5.41) is 6.93. The van der Waals surface area contributed by atoms with E-state index in [4.69, 9.17) is 0 Å². The molecule has 0 aromatic heterocycles. The van der Waals surface area contributed by atoms with E-state index in [0.29, 0.717) is 0 Å². The number of hydrogen-bond donors (Lipinski definition) is 2. The minimum Gasteiger partial charge on any atom is -0.384 e. The Bertz CT molecular complexity index is 500. The highest BCUT2D eigenvalue weighted by atomic mass is 14.9. The minimum atomic E-state index is 0.956. The maximum Gasteiger partial charge on any atom is 0.0345 e. The van der Waals surface area contributed by atoms with Crippen molar-refractivity contribution in [2.75, 3.05) is 25.0 Å². The van der Waals surface area contributed by atoms with Crippen LogP contribution in [0.4, 0.5) is 5.69 Å². The quantitative estimate of drug-likeness (QED) is 0.750. The van der Waals surface area contributed by atoms with Crippen molar-refractivity contribution in [1.29, 1.82) is 0 Å². The van der Waals surface area contributed by atoms with Gasteiger partial charge in [-0.15, -0.1) is 0 Å². The van der Waals surface area contributed by atoms with Gasteiger partial charge in [0.05, 0.1) is 0 Å². The predicted octanol–water partition coefficient (Wildman–Crippen LogP) is 3.55. The normalized spacial score (nSPS) is 10.5. The van der Waals surface area contributed by atoms with Crippen molar-refractivity contribution in [2.45, 2.75) is 20.3 Å².